The van der Waals surface area contributed by atoms with Crippen LogP contribution in [0.4, 0.5) is 26.3 Å². The van der Waals surface area contributed by atoms with E-state index in [1.807, 2.05) is 0 Å². The van der Waals surface area contributed by atoms with Crippen LogP contribution in [-0.2, 0) is 0 Å². The van der Waals surface area contributed by atoms with Crippen molar-refractivity contribution >= 4 is 12.4 Å². The minimum Gasteiger partial charge on any atom is -0.320 e. The molecule has 1 nitrogen and oxygen atoms in total. The molecule has 82 valence electrons. The Labute approximate surface area is 76.7 Å². The second kappa shape index (κ2) is 4.90. The first-order valence-corrected chi connectivity index (χ1v) is 3.02. The Kier molecular flexibility index (Phi) is 5.77. The molecule has 0 aromatic carbocycles. The summed E-state index contributed by atoms with van der Waals surface area (Å²) in [5.41, 5.74) is 4.43. The first-order valence-electron chi connectivity index (χ1n) is 3.02. The van der Waals surface area contributed by atoms with Crippen LogP contribution in [0.25, 0.3) is 0 Å². The van der Waals surface area contributed by atoms with Crippen LogP contribution in [0.3, 0.4) is 0 Å². The van der Waals surface area contributed by atoms with E-state index in [4.69, 9.17) is 0 Å². The molecule has 2 N–H and O–H groups in total. The van der Waals surface area contributed by atoms with Gasteiger partial charge in [0.25, 0.3) is 0 Å². The highest BCUT2D eigenvalue weighted by Gasteiger charge is 2.39. The second-order valence-corrected chi connectivity index (χ2v) is 2.30. The zero-order chi connectivity index (χ0) is 9.99. The van der Waals surface area contributed by atoms with Gasteiger partial charge in [0.1, 0.15) is 6.04 Å². The van der Waals surface area contributed by atoms with Crippen molar-refractivity contribution in [2.45, 2.75) is 31.2 Å². The molecule has 8 heteroatoms. The van der Waals surface area contributed by atoms with Crippen LogP contribution in [0.5, 0.6) is 0 Å². The molecule has 0 unspecified atom stereocenters. The summed E-state index contributed by atoms with van der Waals surface area (Å²) in [6, 6.07) is -2.39. The molecule has 13 heavy (non-hydrogen) atoms. The van der Waals surface area contributed by atoms with Gasteiger partial charge in [-0.1, -0.05) is 0 Å². The molecule has 0 radical (unpaired) electrons. The third-order valence-corrected chi connectivity index (χ3v) is 1.16. The van der Waals surface area contributed by atoms with Crippen molar-refractivity contribution in [1.82, 2.24) is 0 Å². The van der Waals surface area contributed by atoms with Gasteiger partial charge in [0.2, 0.25) is 0 Å². The monoisotopic (exact) mass is 231 g/mol. The molecule has 0 aliphatic carbocycles. The van der Waals surface area contributed by atoms with Crippen molar-refractivity contribution in [2.75, 3.05) is 0 Å². The maximum atomic E-state index is 11.5. The number of hydrogen-bond donors (Lipinski definition) is 1. The lowest BCUT2D eigenvalue weighted by Crippen LogP contribution is -2.38. The van der Waals surface area contributed by atoms with E-state index >= 15 is 0 Å². The Morgan fingerprint density at radius 3 is 1.62 bits per heavy atom. The van der Waals surface area contributed by atoms with E-state index < -0.39 is 31.2 Å². The highest BCUT2D eigenvalue weighted by Crippen LogP contribution is 2.27. The first kappa shape index (κ1) is 15.3. The molecule has 0 saturated carbocycles. The van der Waals surface area contributed by atoms with Crippen molar-refractivity contribution in [3.63, 3.8) is 0 Å². The molecule has 1 atom stereocenters. The van der Waals surface area contributed by atoms with Crippen LogP contribution < -0.4 is 5.73 Å². The van der Waals surface area contributed by atoms with E-state index in [-0.39, 0.29) is 12.4 Å². The minimum atomic E-state index is -4.74. The van der Waals surface area contributed by atoms with Gasteiger partial charge in [-0.25, -0.2) is 0 Å². The van der Waals surface area contributed by atoms with Crippen molar-refractivity contribution in [2.24, 2.45) is 5.73 Å². The average Bonchev–Trinajstić information content (AvgIpc) is 1.78. The fourth-order valence-electron chi connectivity index (χ4n) is 0.483. The summed E-state index contributed by atoms with van der Waals surface area (Å²) in [5, 5.41) is 0. The van der Waals surface area contributed by atoms with Crippen LogP contribution in [0.15, 0.2) is 0 Å². The molecule has 0 aromatic heterocycles. The van der Waals surface area contributed by atoms with Crippen molar-refractivity contribution in [3.8, 4) is 0 Å². The predicted octanol–water partition coefficient (Wildman–Crippen LogP) is 2.64. The van der Waals surface area contributed by atoms with Crippen molar-refractivity contribution < 1.29 is 26.3 Å². The number of nitrogens with two attached hydrogens (primary N) is 1. The summed E-state index contributed by atoms with van der Waals surface area (Å²) in [7, 11) is 0. The quantitative estimate of drug-likeness (QED) is 0.727. The standard InChI is InChI=1S/C5H7F6N.ClH/c6-4(7,8)2-1-3(12)5(9,10)11;/h3H,1-2,12H2;1H/t3-;/m1./s1. The average molecular weight is 232 g/mol. The maximum Gasteiger partial charge on any atom is 0.403 e. The van der Waals surface area contributed by atoms with E-state index in [1.165, 1.54) is 0 Å². The van der Waals surface area contributed by atoms with Gasteiger partial charge in [-0.3, -0.25) is 0 Å². The molecule has 0 amide bonds. The number of rotatable bonds is 2. The van der Waals surface area contributed by atoms with Gasteiger partial charge in [-0.2, -0.15) is 26.3 Å². The lowest BCUT2D eigenvalue weighted by Gasteiger charge is -2.15. The number of alkyl halides is 6. The highest BCUT2D eigenvalue weighted by molar-refractivity contribution is 5.85. The topological polar surface area (TPSA) is 26.0 Å². The second-order valence-electron chi connectivity index (χ2n) is 2.30. The molecule has 0 heterocycles. The van der Waals surface area contributed by atoms with Gasteiger partial charge < -0.3 is 5.73 Å². The van der Waals surface area contributed by atoms with Crippen LogP contribution in [0.2, 0.25) is 0 Å². The van der Waals surface area contributed by atoms with Gasteiger partial charge in [-0.15, -0.1) is 12.4 Å². The SMILES string of the molecule is Cl.N[C@H](CCC(F)(F)F)C(F)(F)F. The first-order chi connectivity index (χ1) is 5.13. The molecular formula is C5H8ClF6N. The Morgan fingerprint density at radius 1 is 1.00 bits per heavy atom. The van der Waals surface area contributed by atoms with E-state index in [2.05, 4.69) is 5.73 Å². The zero-order valence-electron chi connectivity index (χ0n) is 6.24. The fraction of sp³-hybridized carbons (Fsp3) is 1.00. The van der Waals surface area contributed by atoms with Gasteiger partial charge in [0.05, 0.1) is 0 Å². The zero-order valence-corrected chi connectivity index (χ0v) is 7.06. The molecule has 0 aliphatic heterocycles. The number of halogens is 7. The summed E-state index contributed by atoms with van der Waals surface area (Å²) in [5.74, 6) is 0. The summed E-state index contributed by atoms with van der Waals surface area (Å²) in [4.78, 5) is 0. The largest absolute Gasteiger partial charge is 0.403 e. The molecule has 0 spiro atoms. The smallest absolute Gasteiger partial charge is 0.320 e. The van der Waals surface area contributed by atoms with Crippen LogP contribution in [0, 0.1) is 0 Å². The molecular weight excluding hydrogens is 224 g/mol. The molecule has 0 aromatic rings. The summed E-state index contributed by atoms with van der Waals surface area (Å²) < 4.78 is 68.7. The Balaban J connectivity index is 0. The third-order valence-electron chi connectivity index (χ3n) is 1.16. The lowest BCUT2D eigenvalue weighted by atomic mass is 10.1. The highest BCUT2D eigenvalue weighted by atomic mass is 35.5. The van der Waals surface area contributed by atoms with Crippen molar-refractivity contribution in [3.05, 3.63) is 0 Å². The van der Waals surface area contributed by atoms with Gasteiger partial charge in [-0.05, 0) is 6.42 Å². The van der Waals surface area contributed by atoms with Gasteiger partial charge in [0, 0.05) is 6.42 Å². The van der Waals surface area contributed by atoms with Gasteiger partial charge >= 0.3 is 12.4 Å². The van der Waals surface area contributed by atoms with E-state index in [0.29, 0.717) is 0 Å². The lowest BCUT2D eigenvalue weighted by molar-refractivity contribution is -0.166. The van der Waals surface area contributed by atoms with Gasteiger partial charge in [0.15, 0.2) is 0 Å². The Morgan fingerprint density at radius 2 is 1.38 bits per heavy atom. The van der Waals surface area contributed by atoms with E-state index in [9.17, 15) is 26.3 Å². The van der Waals surface area contributed by atoms with Crippen molar-refractivity contribution in [1.29, 1.82) is 0 Å². The molecule has 0 aliphatic rings. The summed E-state index contributed by atoms with van der Waals surface area (Å²) in [6.07, 6.45) is -11.9. The van der Waals surface area contributed by atoms with Crippen LogP contribution in [-0.4, -0.2) is 18.4 Å². The normalized spacial score (nSPS) is 15.0. The Bertz CT molecular complexity index is 141. The summed E-state index contributed by atoms with van der Waals surface area (Å²) in [6.45, 7) is 0. The Hall–Kier alpha value is -0.170. The van der Waals surface area contributed by atoms with E-state index in [0.717, 1.165) is 0 Å². The fourth-order valence-corrected chi connectivity index (χ4v) is 0.483. The maximum absolute atomic E-state index is 11.5. The van der Waals surface area contributed by atoms with E-state index in [1.54, 1.807) is 0 Å². The minimum absolute atomic E-state index is 0. The molecule has 0 fully saturated rings. The predicted molar refractivity (Wildman–Crippen MR) is 36.6 cm³/mol. The molecule has 0 bridgehead atoms. The number of hydrogen-bond acceptors (Lipinski definition) is 1. The summed E-state index contributed by atoms with van der Waals surface area (Å²) >= 11 is 0. The van der Waals surface area contributed by atoms with Crippen LogP contribution >= 0.6 is 12.4 Å². The van der Waals surface area contributed by atoms with Crippen LogP contribution in [0.1, 0.15) is 12.8 Å². The molecule has 0 saturated heterocycles. The molecule has 0 rings (SSSR count). The third kappa shape index (κ3) is 8.17.